The third-order valence-corrected chi connectivity index (χ3v) is 4.06. The number of nitrogens with one attached hydrogen (secondary N) is 2. The minimum atomic E-state index is -2.22. The van der Waals surface area contributed by atoms with Crippen molar-refractivity contribution in [2.45, 2.75) is 13.3 Å². The summed E-state index contributed by atoms with van der Waals surface area (Å²) in [4.78, 5) is 12.0. The van der Waals surface area contributed by atoms with E-state index in [1.54, 1.807) is 36.8 Å². The van der Waals surface area contributed by atoms with Gasteiger partial charge in [0.15, 0.2) is 0 Å². The zero-order chi connectivity index (χ0) is 16.2. The molecule has 6 nitrogen and oxygen atoms in total. The number of carbonyl (C=O) groups excluding carboxylic acids is 1. The van der Waals surface area contributed by atoms with E-state index in [2.05, 4.69) is 21.9 Å². The lowest BCUT2D eigenvalue weighted by Gasteiger charge is -2.21. The number of hydrogen-bond donors (Lipinski definition) is 2. The summed E-state index contributed by atoms with van der Waals surface area (Å²) < 4.78 is 21.2. The average molecular weight is 325 g/mol. The monoisotopic (exact) mass is 325 g/mol. The Morgan fingerprint density at radius 1 is 1.45 bits per heavy atom. The Balaban J connectivity index is 1.94. The summed E-state index contributed by atoms with van der Waals surface area (Å²) in [5, 5.41) is 5.63. The minimum Gasteiger partial charge on any atom is -0.381 e. The molecular weight excluding hydrogens is 302 g/mol. The second-order valence-corrected chi connectivity index (χ2v) is 8.79. The molecule has 1 fully saturated rings. The SMILES string of the molecule is CC1(CNC(=O)Nc2cccc(N=S(C)(C)=O)c2)CCOC1. The first kappa shape index (κ1) is 16.8. The Hall–Kier alpha value is -1.60. The van der Waals surface area contributed by atoms with E-state index in [4.69, 9.17) is 4.74 Å². The van der Waals surface area contributed by atoms with E-state index in [0.29, 0.717) is 24.5 Å². The fraction of sp³-hybridized carbons (Fsp3) is 0.533. The van der Waals surface area contributed by atoms with E-state index in [1.165, 1.54) is 0 Å². The molecule has 1 aromatic rings. The number of carbonyl (C=O) groups is 1. The van der Waals surface area contributed by atoms with Gasteiger partial charge < -0.3 is 15.4 Å². The normalized spacial score (nSPS) is 21.4. The van der Waals surface area contributed by atoms with Crippen LogP contribution in [0.1, 0.15) is 13.3 Å². The fourth-order valence-electron chi connectivity index (χ4n) is 2.21. The van der Waals surface area contributed by atoms with Crippen molar-refractivity contribution in [1.82, 2.24) is 5.32 Å². The third kappa shape index (κ3) is 5.31. The minimum absolute atomic E-state index is 0.00443. The molecule has 7 heteroatoms. The molecule has 0 bridgehead atoms. The highest BCUT2D eigenvalue weighted by atomic mass is 32.2. The summed E-state index contributed by atoms with van der Waals surface area (Å²) >= 11 is 0. The van der Waals surface area contributed by atoms with Crippen molar-refractivity contribution < 1.29 is 13.7 Å². The molecule has 1 unspecified atom stereocenters. The van der Waals surface area contributed by atoms with Crippen LogP contribution in [0.15, 0.2) is 28.6 Å². The van der Waals surface area contributed by atoms with Gasteiger partial charge in [0.05, 0.1) is 12.3 Å². The van der Waals surface area contributed by atoms with Crippen molar-refractivity contribution in [3.8, 4) is 0 Å². The smallest absolute Gasteiger partial charge is 0.319 e. The van der Waals surface area contributed by atoms with Crippen molar-refractivity contribution in [3.05, 3.63) is 24.3 Å². The van der Waals surface area contributed by atoms with Gasteiger partial charge in [-0.2, -0.15) is 4.36 Å². The maximum absolute atomic E-state index is 12.0. The van der Waals surface area contributed by atoms with Gasteiger partial charge in [0.25, 0.3) is 0 Å². The highest BCUT2D eigenvalue weighted by molar-refractivity contribution is 7.92. The van der Waals surface area contributed by atoms with E-state index in [-0.39, 0.29) is 11.4 Å². The molecule has 2 N–H and O–H groups in total. The van der Waals surface area contributed by atoms with Crippen molar-refractivity contribution in [3.63, 3.8) is 0 Å². The summed E-state index contributed by atoms with van der Waals surface area (Å²) in [6.45, 7) is 4.08. The fourth-order valence-corrected chi connectivity index (χ4v) is 2.83. The number of hydrogen-bond acceptors (Lipinski definition) is 4. The molecule has 1 saturated heterocycles. The van der Waals surface area contributed by atoms with Gasteiger partial charge in [-0.25, -0.2) is 9.00 Å². The lowest BCUT2D eigenvalue weighted by Crippen LogP contribution is -2.38. The first-order valence-electron chi connectivity index (χ1n) is 7.16. The molecule has 1 heterocycles. The van der Waals surface area contributed by atoms with Gasteiger partial charge in [-0.05, 0) is 24.6 Å². The van der Waals surface area contributed by atoms with Crippen LogP contribution in [0, 0.1) is 5.41 Å². The Labute approximate surface area is 131 Å². The number of urea groups is 1. The largest absolute Gasteiger partial charge is 0.381 e. The summed E-state index contributed by atoms with van der Waals surface area (Å²) in [6.07, 6.45) is 4.09. The molecule has 22 heavy (non-hydrogen) atoms. The van der Waals surface area contributed by atoms with Crippen LogP contribution >= 0.6 is 0 Å². The molecular formula is C15H23N3O3S. The second-order valence-electron chi connectivity index (χ2n) is 6.24. The van der Waals surface area contributed by atoms with E-state index in [1.807, 2.05) is 0 Å². The third-order valence-electron chi connectivity index (χ3n) is 3.41. The zero-order valence-electron chi connectivity index (χ0n) is 13.2. The quantitative estimate of drug-likeness (QED) is 0.893. The Kier molecular flexibility index (Phi) is 5.08. The maximum atomic E-state index is 12.0. The number of nitrogens with zero attached hydrogens (tertiary/aromatic N) is 1. The molecule has 2 amide bonds. The van der Waals surface area contributed by atoms with Gasteiger partial charge in [-0.15, -0.1) is 0 Å². The number of amides is 2. The molecule has 1 aliphatic rings. The summed E-state index contributed by atoms with van der Waals surface area (Å²) in [7, 11) is -2.22. The molecule has 2 rings (SSSR count). The lowest BCUT2D eigenvalue weighted by atomic mass is 9.90. The number of rotatable bonds is 4. The Morgan fingerprint density at radius 2 is 2.23 bits per heavy atom. The molecule has 0 spiro atoms. The van der Waals surface area contributed by atoms with E-state index in [9.17, 15) is 9.00 Å². The van der Waals surface area contributed by atoms with Gasteiger partial charge in [0.1, 0.15) is 0 Å². The van der Waals surface area contributed by atoms with Crippen LogP contribution in [0.2, 0.25) is 0 Å². The van der Waals surface area contributed by atoms with E-state index < -0.39 is 9.73 Å². The number of benzene rings is 1. The predicted octanol–water partition coefficient (Wildman–Crippen LogP) is 2.59. The molecule has 122 valence electrons. The standard InChI is InChI=1S/C15H23N3O3S/c1-15(7-8-21-11-15)10-16-14(19)17-12-5-4-6-13(9-12)18-22(2,3)20/h4-6,9H,7-8,10-11H2,1-3H3,(H2,16,17,19). The Bertz CT molecular complexity index is 652. The maximum Gasteiger partial charge on any atom is 0.319 e. The van der Waals surface area contributed by atoms with Crippen LogP contribution in [0.4, 0.5) is 16.2 Å². The van der Waals surface area contributed by atoms with Crippen LogP contribution in [0.5, 0.6) is 0 Å². The van der Waals surface area contributed by atoms with E-state index >= 15 is 0 Å². The van der Waals surface area contributed by atoms with Crippen molar-refractivity contribution >= 4 is 27.1 Å². The van der Waals surface area contributed by atoms with Crippen molar-refractivity contribution in [2.75, 3.05) is 37.6 Å². The van der Waals surface area contributed by atoms with Crippen molar-refractivity contribution in [1.29, 1.82) is 0 Å². The predicted molar refractivity (Wildman–Crippen MR) is 89.1 cm³/mol. The lowest BCUT2D eigenvalue weighted by molar-refractivity contribution is 0.159. The van der Waals surface area contributed by atoms with Crippen LogP contribution in [0.3, 0.4) is 0 Å². The molecule has 0 aliphatic carbocycles. The average Bonchev–Trinajstić information content (AvgIpc) is 2.82. The van der Waals surface area contributed by atoms with Crippen LogP contribution in [-0.2, 0) is 14.5 Å². The molecule has 0 saturated carbocycles. The first-order valence-corrected chi connectivity index (χ1v) is 9.49. The second kappa shape index (κ2) is 6.66. The Morgan fingerprint density at radius 3 is 2.86 bits per heavy atom. The van der Waals surface area contributed by atoms with Gasteiger partial charge >= 0.3 is 6.03 Å². The van der Waals surface area contributed by atoms with Crippen LogP contribution in [0.25, 0.3) is 0 Å². The van der Waals surface area contributed by atoms with Crippen molar-refractivity contribution in [2.24, 2.45) is 9.78 Å². The molecule has 1 atom stereocenters. The molecule has 0 radical (unpaired) electrons. The number of anilines is 1. The van der Waals surface area contributed by atoms with Gasteiger partial charge in [-0.1, -0.05) is 13.0 Å². The van der Waals surface area contributed by atoms with Gasteiger partial charge in [0.2, 0.25) is 0 Å². The molecule has 1 aliphatic heterocycles. The molecule has 0 aromatic heterocycles. The summed E-state index contributed by atoms with van der Waals surface area (Å²) in [5.74, 6) is 0. The van der Waals surface area contributed by atoms with E-state index in [0.717, 1.165) is 13.0 Å². The topological polar surface area (TPSA) is 79.8 Å². The number of ether oxygens (including phenoxy) is 1. The zero-order valence-corrected chi connectivity index (χ0v) is 14.0. The highest BCUT2D eigenvalue weighted by Crippen LogP contribution is 2.26. The summed E-state index contributed by atoms with van der Waals surface area (Å²) in [6, 6.07) is 6.73. The van der Waals surface area contributed by atoms with Crippen LogP contribution in [-0.4, -0.2) is 42.5 Å². The van der Waals surface area contributed by atoms with Crippen LogP contribution < -0.4 is 10.6 Å². The molecule has 1 aromatic carbocycles. The highest BCUT2D eigenvalue weighted by Gasteiger charge is 2.29. The van der Waals surface area contributed by atoms with Gasteiger partial charge in [0, 0.05) is 46.5 Å². The summed E-state index contributed by atoms with van der Waals surface area (Å²) in [5.41, 5.74) is 1.21. The first-order chi connectivity index (χ1) is 10.3. The van der Waals surface area contributed by atoms with Gasteiger partial charge in [-0.3, -0.25) is 0 Å².